The first-order chi connectivity index (χ1) is 16.2. The molecule has 3 rings (SSSR count). The smallest absolute Gasteiger partial charge is 0.411 e. The van der Waals surface area contributed by atoms with E-state index in [1.54, 1.807) is 4.90 Å². The fourth-order valence-electron chi connectivity index (χ4n) is 5.33. The van der Waals surface area contributed by atoms with Crippen molar-refractivity contribution in [2.24, 2.45) is 5.73 Å². The van der Waals surface area contributed by atoms with Crippen molar-refractivity contribution in [3.05, 3.63) is 60.2 Å². The van der Waals surface area contributed by atoms with Gasteiger partial charge in [-0.2, -0.15) is 0 Å². The van der Waals surface area contributed by atoms with E-state index in [1.165, 1.54) is 0 Å². The molecule has 0 saturated carbocycles. The van der Waals surface area contributed by atoms with Crippen LogP contribution in [-0.2, 0) is 16.0 Å². The fraction of sp³-hybridized carbons (Fsp3) is 0.517. The van der Waals surface area contributed by atoms with Gasteiger partial charge in [-0.3, -0.25) is 9.69 Å². The molecule has 0 radical (unpaired) electrons. The van der Waals surface area contributed by atoms with Crippen LogP contribution in [0.5, 0.6) is 0 Å². The number of primary amides is 1. The summed E-state index contributed by atoms with van der Waals surface area (Å²) in [6.45, 7) is 14.0. The van der Waals surface area contributed by atoms with Crippen molar-refractivity contribution >= 4 is 12.0 Å². The third-order valence-corrected chi connectivity index (χ3v) is 6.32. The van der Waals surface area contributed by atoms with Crippen LogP contribution in [0.1, 0.15) is 66.9 Å². The summed E-state index contributed by atoms with van der Waals surface area (Å²) in [5.41, 5.74) is 7.98. The van der Waals surface area contributed by atoms with Gasteiger partial charge in [-0.25, -0.2) is 4.79 Å². The van der Waals surface area contributed by atoms with E-state index in [0.29, 0.717) is 19.3 Å². The van der Waals surface area contributed by atoms with Crippen LogP contribution in [0.15, 0.2) is 54.6 Å². The van der Waals surface area contributed by atoms with Crippen LogP contribution in [0.25, 0.3) is 11.1 Å². The van der Waals surface area contributed by atoms with Gasteiger partial charge in [0.05, 0.1) is 0 Å². The Morgan fingerprint density at radius 3 is 1.97 bits per heavy atom. The van der Waals surface area contributed by atoms with Gasteiger partial charge in [0.2, 0.25) is 5.91 Å². The Labute approximate surface area is 210 Å². The summed E-state index contributed by atoms with van der Waals surface area (Å²) in [4.78, 5) is 28.0. The number of nitrogens with zero attached hydrogens (tertiary/aromatic N) is 1. The highest BCUT2D eigenvalue weighted by Gasteiger charge is 2.45. The molecule has 0 aromatic heterocycles. The number of carbonyl (C=O) groups is 2. The van der Waals surface area contributed by atoms with Crippen LogP contribution in [0.4, 0.5) is 4.79 Å². The van der Waals surface area contributed by atoms with Crippen LogP contribution in [0.2, 0.25) is 0 Å². The first kappa shape index (κ1) is 26.7. The molecule has 190 valence electrons. The minimum absolute atomic E-state index is 0.197. The van der Waals surface area contributed by atoms with Crippen LogP contribution in [-0.4, -0.2) is 45.7 Å². The first-order valence-electron chi connectivity index (χ1n) is 12.4. The zero-order valence-electron chi connectivity index (χ0n) is 22.2. The molecule has 2 aromatic rings. The van der Waals surface area contributed by atoms with Gasteiger partial charge < -0.3 is 15.8 Å². The third kappa shape index (κ3) is 7.31. The van der Waals surface area contributed by atoms with E-state index < -0.39 is 23.6 Å². The van der Waals surface area contributed by atoms with Gasteiger partial charge in [0.15, 0.2) is 0 Å². The summed E-state index contributed by atoms with van der Waals surface area (Å²) in [5.74, 6) is -0.530. The van der Waals surface area contributed by atoms with E-state index in [-0.39, 0.29) is 17.1 Å². The minimum atomic E-state index is -0.817. The highest BCUT2D eigenvalue weighted by atomic mass is 16.6. The number of hydrogen-bond acceptors (Lipinski definition) is 4. The van der Waals surface area contributed by atoms with Gasteiger partial charge in [-0.05, 0) is 78.0 Å². The molecule has 1 aliphatic heterocycles. The Morgan fingerprint density at radius 1 is 0.971 bits per heavy atom. The average Bonchev–Trinajstić information content (AvgIpc) is 2.71. The van der Waals surface area contributed by atoms with E-state index in [9.17, 15) is 9.59 Å². The predicted molar refractivity (Wildman–Crippen MR) is 141 cm³/mol. The van der Waals surface area contributed by atoms with Gasteiger partial charge in [0.1, 0.15) is 11.6 Å². The molecular formula is C29H41N3O3. The van der Waals surface area contributed by atoms with Gasteiger partial charge in [0.25, 0.3) is 0 Å². The molecule has 2 aromatic carbocycles. The summed E-state index contributed by atoms with van der Waals surface area (Å²) >= 11 is 0. The highest BCUT2D eigenvalue weighted by molar-refractivity contribution is 5.85. The van der Waals surface area contributed by atoms with Crippen LogP contribution in [0, 0.1) is 0 Å². The normalized spacial score (nSPS) is 18.5. The molecule has 1 aliphatic rings. The molecule has 6 nitrogen and oxygen atoms in total. The van der Waals surface area contributed by atoms with Crippen molar-refractivity contribution in [1.29, 1.82) is 0 Å². The van der Waals surface area contributed by atoms with Crippen LogP contribution >= 0.6 is 0 Å². The van der Waals surface area contributed by atoms with Crippen LogP contribution < -0.4 is 11.1 Å². The lowest BCUT2D eigenvalue weighted by atomic mass is 9.78. The second-order valence-electron chi connectivity index (χ2n) is 12.0. The maximum absolute atomic E-state index is 13.5. The lowest BCUT2D eigenvalue weighted by Gasteiger charge is -2.50. The largest absolute Gasteiger partial charge is 0.444 e. The quantitative estimate of drug-likeness (QED) is 0.589. The Balaban J connectivity index is 1.94. The molecule has 6 heteroatoms. The van der Waals surface area contributed by atoms with Crippen molar-refractivity contribution in [3.63, 3.8) is 0 Å². The molecular weight excluding hydrogens is 438 g/mol. The summed E-state index contributed by atoms with van der Waals surface area (Å²) in [6, 6.07) is 17.2. The summed E-state index contributed by atoms with van der Waals surface area (Å²) in [5, 5.41) is 3.65. The number of benzene rings is 2. The molecule has 1 fully saturated rings. The fourth-order valence-corrected chi connectivity index (χ4v) is 5.33. The maximum Gasteiger partial charge on any atom is 0.411 e. The number of hydrogen-bond donors (Lipinski definition) is 2. The second kappa shape index (κ2) is 10.0. The molecule has 2 amide bonds. The predicted octanol–water partition coefficient (Wildman–Crippen LogP) is 5.30. The number of ether oxygens (including phenoxy) is 1. The average molecular weight is 480 g/mol. The van der Waals surface area contributed by atoms with E-state index in [2.05, 4.69) is 45.1 Å². The zero-order valence-corrected chi connectivity index (χ0v) is 22.2. The van der Waals surface area contributed by atoms with E-state index in [4.69, 9.17) is 10.5 Å². The maximum atomic E-state index is 13.5. The third-order valence-electron chi connectivity index (χ3n) is 6.32. The summed E-state index contributed by atoms with van der Waals surface area (Å²) < 4.78 is 5.79. The lowest BCUT2D eigenvalue weighted by Crippen LogP contribution is -2.65. The number of amides is 2. The molecule has 0 bridgehead atoms. The monoisotopic (exact) mass is 479 g/mol. The number of nitrogens with two attached hydrogens (primary N) is 1. The van der Waals surface area contributed by atoms with Crippen molar-refractivity contribution in [1.82, 2.24) is 10.2 Å². The molecule has 0 aliphatic carbocycles. The Bertz CT molecular complexity index is 1010. The summed E-state index contributed by atoms with van der Waals surface area (Å²) in [6.07, 6.45) is 1.20. The zero-order chi connectivity index (χ0) is 26.0. The number of carbonyl (C=O) groups excluding carboxylic acids is 2. The molecule has 3 N–H and O–H groups in total. The van der Waals surface area contributed by atoms with Crippen LogP contribution in [0.3, 0.4) is 0 Å². The van der Waals surface area contributed by atoms with Gasteiger partial charge in [-0.1, -0.05) is 54.6 Å². The van der Waals surface area contributed by atoms with E-state index in [1.807, 2.05) is 63.2 Å². The molecule has 1 saturated heterocycles. The molecule has 0 spiro atoms. The topological polar surface area (TPSA) is 84.7 Å². The lowest BCUT2D eigenvalue weighted by molar-refractivity contribution is -0.125. The Morgan fingerprint density at radius 2 is 1.49 bits per heavy atom. The minimum Gasteiger partial charge on any atom is -0.444 e. The Kier molecular flexibility index (Phi) is 7.65. The SMILES string of the molecule is CC1(C)CC(N(C(=O)OC(C)(C)C)[C@@H](Cc2ccc(-c3ccccc3)cc2)C(N)=O)CC(C)(C)N1. The standard InChI is InChI=1S/C29H41N3O3/c1-27(2,3)35-26(34)32(23-18-28(4,5)31-29(6,7)19-23)24(25(30)33)17-20-13-15-22(16-14-20)21-11-9-8-10-12-21/h8-16,23-24,31H,17-19H2,1-7H3,(H2,30,33)/t24-/m0/s1. The van der Waals surface area contributed by atoms with Crippen molar-refractivity contribution < 1.29 is 14.3 Å². The van der Waals surface area contributed by atoms with E-state index in [0.717, 1.165) is 16.7 Å². The molecule has 35 heavy (non-hydrogen) atoms. The molecule has 1 heterocycles. The second-order valence-corrected chi connectivity index (χ2v) is 12.0. The summed E-state index contributed by atoms with van der Waals surface area (Å²) in [7, 11) is 0. The highest BCUT2D eigenvalue weighted by Crippen LogP contribution is 2.34. The van der Waals surface area contributed by atoms with Crippen molar-refractivity contribution in [2.45, 2.75) is 96.5 Å². The van der Waals surface area contributed by atoms with Crippen molar-refractivity contribution in [3.8, 4) is 11.1 Å². The van der Waals surface area contributed by atoms with Crippen molar-refractivity contribution in [2.75, 3.05) is 0 Å². The number of nitrogens with one attached hydrogen (secondary N) is 1. The first-order valence-corrected chi connectivity index (χ1v) is 12.4. The Hall–Kier alpha value is -2.86. The molecule has 0 unspecified atom stereocenters. The number of rotatable bonds is 6. The van der Waals surface area contributed by atoms with Gasteiger partial charge in [0, 0.05) is 23.5 Å². The number of piperidine rings is 1. The molecule has 1 atom stereocenters. The van der Waals surface area contributed by atoms with E-state index >= 15 is 0 Å². The van der Waals surface area contributed by atoms with Gasteiger partial charge in [-0.15, -0.1) is 0 Å². The van der Waals surface area contributed by atoms with Gasteiger partial charge >= 0.3 is 6.09 Å².